The Labute approximate surface area is 68.5 Å². The second-order valence-corrected chi connectivity index (χ2v) is 10.3. The van der Waals surface area contributed by atoms with Gasteiger partial charge in [-0.1, -0.05) is 32.1 Å². The molecule has 0 aromatic rings. The number of rotatable bonds is 2. The Balaban J connectivity index is 2.24. The van der Waals surface area contributed by atoms with Crippen LogP contribution < -0.4 is 4.98 Å². The second-order valence-electron chi connectivity index (χ2n) is 3.48. The van der Waals surface area contributed by atoms with Gasteiger partial charge in [0.15, 0.2) is 0 Å². The van der Waals surface area contributed by atoms with Crippen LogP contribution in [0, 0.1) is 0 Å². The Morgan fingerprint density at radius 2 is 1.90 bits per heavy atom. The molecule has 0 bridgehead atoms. The van der Waals surface area contributed by atoms with Gasteiger partial charge in [0.05, 0.1) is 8.48 Å². The monoisotopic (exact) mass is 173 g/mol. The summed E-state index contributed by atoms with van der Waals surface area (Å²) >= 11 is 0. The van der Waals surface area contributed by atoms with Crippen LogP contribution in [0.15, 0.2) is 0 Å². The molecule has 1 aliphatic rings. The predicted octanol–water partition coefficient (Wildman–Crippen LogP) is 0.126. The molecular formula is C7H19NSi2. The van der Waals surface area contributed by atoms with E-state index in [2.05, 4.69) is 12.0 Å². The summed E-state index contributed by atoms with van der Waals surface area (Å²) in [5.74, 6) is 0. The molecule has 0 amide bonds. The van der Waals surface area contributed by atoms with Gasteiger partial charge in [-0.05, 0) is 12.6 Å². The highest BCUT2D eigenvalue weighted by Crippen LogP contribution is 2.28. The first-order valence-electron chi connectivity index (χ1n) is 4.52. The molecule has 1 rings (SSSR count). The van der Waals surface area contributed by atoms with E-state index in [1.807, 2.05) is 0 Å². The average molecular weight is 173 g/mol. The van der Waals surface area contributed by atoms with Gasteiger partial charge in [0.2, 0.25) is 0 Å². The zero-order valence-electron chi connectivity index (χ0n) is 7.19. The summed E-state index contributed by atoms with van der Waals surface area (Å²) in [6, 6.07) is 0. The van der Waals surface area contributed by atoms with Gasteiger partial charge >= 0.3 is 0 Å². The van der Waals surface area contributed by atoms with E-state index < -0.39 is 0 Å². The first-order valence-corrected chi connectivity index (χ1v) is 10.4. The maximum atomic E-state index is 3.54. The lowest BCUT2D eigenvalue weighted by atomic mass is 10.0. The minimum absolute atomic E-state index is 0.374. The predicted molar refractivity (Wildman–Crippen MR) is 53.0 cm³/mol. The molecule has 3 heteroatoms. The van der Waals surface area contributed by atoms with E-state index in [1.54, 1.807) is 12.8 Å². The molecule has 1 nitrogen and oxygen atoms in total. The van der Waals surface area contributed by atoms with E-state index in [-0.39, 0.29) is 8.48 Å². The highest BCUT2D eigenvalue weighted by Gasteiger charge is 2.19. The van der Waals surface area contributed by atoms with Crippen LogP contribution in [0.1, 0.15) is 32.1 Å². The maximum Gasteiger partial charge on any atom is 0.0906 e. The first kappa shape index (κ1) is 8.49. The molecule has 0 spiro atoms. The zero-order chi connectivity index (χ0) is 7.40. The van der Waals surface area contributed by atoms with Crippen molar-refractivity contribution in [2.75, 3.05) is 7.05 Å². The molecule has 0 aromatic carbocycles. The minimum atomic E-state index is -0.374. The Morgan fingerprint density at radius 3 is 2.40 bits per heavy atom. The Kier molecular flexibility index (Phi) is 3.66. The zero-order valence-corrected chi connectivity index (χ0v) is 10.3. The smallest absolute Gasteiger partial charge is 0.0906 e. The van der Waals surface area contributed by atoms with Gasteiger partial charge < -0.3 is 4.98 Å². The van der Waals surface area contributed by atoms with Crippen LogP contribution in [0.5, 0.6) is 0 Å². The van der Waals surface area contributed by atoms with Gasteiger partial charge in [-0.15, -0.1) is 0 Å². The third-order valence-corrected chi connectivity index (χ3v) is 10.4. The molecule has 0 aromatic heterocycles. The third kappa shape index (κ3) is 2.21. The van der Waals surface area contributed by atoms with Crippen LogP contribution in [0.25, 0.3) is 0 Å². The van der Waals surface area contributed by atoms with Crippen molar-refractivity contribution in [3.63, 3.8) is 0 Å². The Bertz CT molecular complexity index is 91.6. The molecule has 10 heavy (non-hydrogen) atoms. The highest BCUT2D eigenvalue weighted by atomic mass is 29.2. The van der Waals surface area contributed by atoms with Crippen LogP contribution >= 0.6 is 0 Å². The molecule has 1 N–H and O–H groups in total. The number of hydrogen-bond acceptors (Lipinski definition) is 1. The summed E-state index contributed by atoms with van der Waals surface area (Å²) in [6.07, 6.45) is 7.61. The van der Waals surface area contributed by atoms with Crippen LogP contribution in [0.4, 0.5) is 0 Å². The molecule has 1 saturated carbocycles. The van der Waals surface area contributed by atoms with Crippen molar-refractivity contribution in [2.45, 2.75) is 37.6 Å². The van der Waals surface area contributed by atoms with E-state index in [9.17, 15) is 0 Å². The maximum absolute atomic E-state index is 3.54. The number of nitrogens with one attached hydrogen (secondary N) is 1. The van der Waals surface area contributed by atoms with E-state index in [1.165, 1.54) is 29.0 Å². The third-order valence-electron chi connectivity index (χ3n) is 2.81. The molecule has 0 heterocycles. The van der Waals surface area contributed by atoms with Crippen molar-refractivity contribution in [1.29, 1.82) is 0 Å². The summed E-state index contributed by atoms with van der Waals surface area (Å²) in [5, 5.41) is 0. The fraction of sp³-hybridized carbons (Fsp3) is 1.00. The van der Waals surface area contributed by atoms with Crippen molar-refractivity contribution in [2.24, 2.45) is 0 Å². The van der Waals surface area contributed by atoms with Crippen molar-refractivity contribution in [1.82, 2.24) is 4.98 Å². The average Bonchev–Trinajstić information content (AvgIpc) is 2.05. The van der Waals surface area contributed by atoms with Gasteiger partial charge in [0.1, 0.15) is 0 Å². The fourth-order valence-electron chi connectivity index (χ4n) is 1.87. The topological polar surface area (TPSA) is 12.0 Å². The minimum Gasteiger partial charge on any atom is -0.345 e. The quantitative estimate of drug-likeness (QED) is 0.585. The second kappa shape index (κ2) is 4.31. The Morgan fingerprint density at radius 1 is 1.30 bits per heavy atom. The van der Waals surface area contributed by atoms with E-state index >= 15 is 0 Å². The van der Waals surface area contributed by atoms with Gasteiger partial charge in [-0.3, -0.25) is 0 Å². The molecule has 1 atom stereocenters. The summed E-state index contributed by atoms with van der Waals surface area (Å²) in [6.45, 7) is 0. The summed E-state index contributed by atoms with van der Waals surface area (Å²) < 4.78 is 0. The molecule has 60 valence electrons. The van der Waals surface area contributed by atoms with E-state index in [0.29, 0.717) is 0 Å². The van der Waals surface area contributed by atoms with Gasteiger partial charge in [0, 0.05) is 9.76 Å². The standard InChI is InChI=1S/C7H19NSi2/c1-8-10(9)7-5-3-2-4-6-7/h7-8,10H,2-6H2,1,9H3. The molecule has 1 aliphatic carbocycles. The molecule has 1 fully saturated rings. The van der Waals surface area contributed by atoms with Gasteiger partial charge in [0.25, 0.3) is 0 Å². The van der Waals surface area contributed by atoms with E-state index in [4.69, 9.17) is 0 Å². The first-order chi connectivity index (χ1) is 4.84. The van der Waals surface area contributed by atoms with Crippen LogP contribution in [0.2, 0.25) is 5.54 Å². The summed E-state index contributed by atoms with van der Waals surface area (Å²) in [4.78, 5) is 3.54. The van der Waals surface area contributed by atoms with Crippen molar-refractivity contribution in [3.8, 4) is 0 Å². The normalized spacial score (nSPS) is 24.9. The largest absolute Gasteiger partial charge is 0.345 e. The summed E-state index contributed by atoms with van der Waals surface area (Å²) in [5.41, 5.74) is 1.16. The van der Waals surface area contributed by atoms with Crippen molar-refractivity contribution in [3.05, 3.63) is 0 Å². The van der Waals surface area contributed by atoms with Crippen LogP contribution in [0.3, 0.4) is 0 Å². The lowest BCUT2D eigenvalue weighted by Gasteiger charge is -2.25. The van der Waals surface area contributed by atoms with Crippen LogP contribution in [-0.4, -0.2) is 25.3 Å². The molecule has 0 aliphatic heterocycles. The molecular weight excluding hydrogens is 154 g/mol. The molecule has 1 unspecified atom stereocenters. The Hall–Kier alpha value is 0.394. The summed E-state index contributed by atoms with van der Waals surface area (Å²) in [7, 11) is 3.25. The van der Waals surface area contributed by atoms with Crippen molar-refractivity contribution >= 4 is 18.2 Å². The van der Waals surface area contributed by atoms with Crippen LogP contribution in [-0.2, 0) is 0 Å². The van der Waals surface area contributed by atoms with Gasteiger partial charge in [-0.25, -0.2) is 0 Å². The molecule has 0 saturated heterocycles. The van der Waals surface area contributed by atoms with E-state index in [0.717, 1.165) is 5.54 Å². The van der Waals surface area contributed by atoms with Gasteiger partial charge in [-0.2, -0.15) is 0 Å². The fourth-order valence-corrected chi connectivity index (χ4v) is 5.81. The van der Waals surface area contributed by atoms with Crippen molar-refractivity contribution < 1.29 is 0 Å². The SMILES string of the molecule is CN[SiH]([SiH3])C1CCCCC1. The lowest BCUT2D eigenvalue weighted by Crippen LogP contribution is -2.37. The number of hydrogen-bond donors (Lipinski definition) is 1. The molecule has 0 radical (unpaired) electrons. The highest BCUT2D eigenvalue weighted by molar-refractivity contribution is 7.02. The lowest BCUT2D eigenvalue weighted by molar-refractivity contribution is 0.496.